The van der Waals surface area contributed by atoms with E-state index in [2.05, 4.69) is 4.98 Å². The molecule has 0 spiro atoms. The van der Waals surface area contributed by atoms with Crippen molar-refractivity contribution in [1.82, 2.24) is 9.88 Å². The van der Waals surface area contributed by atoms with Gasteiger partial charge in [-0.3, -0.25) is 4.79 Å². The molecule has 1 fully saturated rings. The number of aromatic nitrogens is 1. The van der Waals surface area contributed by atoms with Crippen molar-refractivity contribution >= 4 is 17.5 Å². The summed E-state index contributed by atoms with van der Waals surface area (Å²) in [5.74, 6) is -0.111. The summed E-state index contributed by atoms with van der Waals surface area (Å²) in [6, 6.07) is 1.59. The molecule has 1 aromatic heterocycles. The fraction of sp³-hybridized carbons (Fsp3) is 0.500. The van der Waals surface area contributed by atoms with Crippen molar-refractivity contribution in [2.24, 2.45) is 0 Å². The molecule has 2 N–H and O–H groups in total. The van der Waals surface area contributed by atoms with Crippen molar-refractivity contribution in [3.63, 3.8) is 0 Å². The average molecular weight is 229 g/mol. The molecule has 0 aliphatic carbocycles. The van der Waals surface area contributed by atoms with Crippen LogP contribution in [-0.4, -0.2) is 39.6 Å². The van der Waals surface area contributed by atoms with Gasteiger partial charge in [0.2, 0.25) is 0 Å². The van der Waals surface area contributed by atoms with E-state index in [1.54, 1.807) is 17.2 Å². The monoisotopic (exact) mass is 228 g/mol. The van der Waals surface area contributed by atoms with E-state index in [1.807, 2.05) is 6.92 Å². The van der Waals surface area contributed by atoms with Gasteiger partial charge < -0.3 is 15.0 Å². The minimum absolute atomic E-state index is 0.111. The number of carbonyl (C=O) groups excluding carboxylic acids is 1. The topological polar surface area (TPSA) is 56.3 Å². The van der Waals surface area contributed by atoms with Crippen molar-refractivity contribution in [1.29, 1.82) is 0 Å². The molecule has 1 saturated heterocycles. The molecule has 4 nitrogen and oxygen atoms in total. The van der Waals surface area contributed by atoms with Crippen molar-refractivity contribution < 1.29 is 9.90 Å². The maximum Gasteiger partial charge on any atom is 0.270 e. The van der Waals surface area contributed by atoms with Crippen LogP contribution in [0.2, 0.25) is 5.02 Å². The normalized spacial score (nSPS) is 18.7. The zero-order valence-corrected chi connectivity index (χ0v) is 9.21. The summed E-state index contributed by atoms with van der Waals surface area (Å²) in [5.41, 5.74) is -0.218. The van der Waals surface area contributed by atoms with Crippen LogP contribution < -0.4 is 0 Å². The van der Waals surface area contributed by atoms with Gasteiger partial charge in [-0.15, -0.1) is 0 Å². The van der Waals surface area contributed by atoms with Gasteiger partial charge in [0.1, 0.15) is 5.69 Å². The Morgan fingerprint density at radius 1 is 1.73 bits per heavy atom. The molecule has 1 aliphatic rings. The Balaban J connectivity index is 2.00. The molecule has 1 aromatic rings. The van der Waals surface area contributed by atoms with Gasteiger partial charge in [0.15, 0.2) is 0 Å². The number of aromatic amines is 1. The molecule has 15 heavy (non-hydrogen) atoms. The van der Waals surface area contributed by atoms with Crippen LogP contribution in [-0.2, 0) is 0 Å². The Morgan fingerprint density at radius 2 is 2.40 bits per heavy atom. The standard InChI is InChI=1S/C10H13ClN2O2/c1-2-10(15)5-13(6-10)9(14)8-3-7(11)4-12-8/h3-4,12,15H,2,5-6H2,1H3. The van der Waals surface area contributed by atoms with Crippen molar-refractivity contribution in [3.05, 3.63) is 23.0 Å². The third kappa shape index (κ3) is 1.87. The SMILES string of the molecule is CCC1(O)CN(C(=O)c2cc(Cl)c[nH]2)C1. The van der Waals surface area contributed by atoms with Crippen molar-refractivity contribution in [2.45, 2.75) is 18.9 Å². The molecular weight excluding hydrogens is 216 g/mol. The summed E-state index contributed by atoms with van der Waals surface area (Å²) >= 11 is 5.70. The number of likely N-dealkylation sites (tertiary alicyclic amines) is 1. The molecule has 1 aliphatic heterocycles. The highest BCUT2D eigenvalue weighted by Crippen LogP contribution is 2.25. The lowest BCUT2D eigenvalue weighted by Gasteiger charge is -2.45. The van der Waals surface area contributed by atoms with E-state index < -0.39 is 5.60 Å². The number of H-pyrrole nitrogens is 1. The predicted octanol–water partition coefficient (Wildman–Crippen LogP) is 1.27. The second-order valence-electron chi connectivity index (χ2n) is 3.97. The quantitative estimate of drug-likeness (QED) is 0.801. The highest BCUT2D eigenvalue weighted by Gasteiger charge is 2.42. The number of nitrogens with zero attached hydrogens (tertiary/aromatic N) is 1. The summed E-state index contributed by atoms with van der Waals surface area (Å²) in [4.78, 5) is 16.2. The number of hydrogen-bond donors (Lipinski definition) is 2. The molecule has 1 amide bonds. The third-order valence-electron chi connectivity index (χ3n) is 2.79. The van der Waals surface area contributed by atoms with E-state index in [1.165, 1.54) is 0 Å². The lowest BCUT2D eigenvalue weighted by Crippen LogP contribution is -2.63. The zero-order chi connectivity index (χ0) is 11.1. The van der Waals surface area contributed by atoms with Crippen LogP contribution in [0.4, 0.5) is 0 Å². The second kappa shape index (κ2) is 3.54. The lowest BCUT2D eigenvalue weighted by molar-refractivity contribution is -0.0828. The van der Waals surface area contributed by atoms with Crippen LogP contribution in [0.5, 0.6) is 0 Å². The Hall–Kier alpha value is -1.00. The maximum absolute atomic E-state index is 11.8. The van der Waals surface area contributed by atoms with Gasteiger partial charge in [-0.2, -0.15) is 0 Å². The van der Waals surface area contributed by atoms with E-state index in [4.69, 9.17) is 11.6 Å². The third-order valence-corrected chi connectivity index (χ3v) is 3.01. The predicted molar refractivity (Wildman–Crippen MR) is 56.9 cm³/mol. The molecule has 2 heterocycles. The number of nitrogens with one attached hydrogen (secondary N) is 1. The largest absolute Gasteiger partial charge is 0.386 e. The Bertz CT molecular complexity index is 383. The van der Waals surface area contributed by atoms with E-state index in [0.717, 1.165) is 0 Å². The molecule has 0 unspecified atom stereocenters. The molecule has 0 atom stereocenters. The molecule has 2 rings (SSSR count). The molecule has 0 bridgehead atoms. The minimum atomic E-state index is -0.688. The number of amides is 1. The summed E-state index contributed by atoms with van der Waals surface area (Å²) in [5, 5.41) is 10.3. The van der Waals surface area contributed by atoms with E-state index in [9.17, 15) is 9.90 Å². The average Bonchev–Trinajstić information content (AvgIpc) is 2.59. The molecule has 82 valence electrons. The first kappa shape index (κ1) is 10.5. The molecular formula is C10H13ClN2O2. The van der Waals surface area contributed by atoms with Gasteiger partial charge in [-0.05, 0) is 12.5 Å². The van der Waals surface area contributed by atoms with Crippen LogP contribution in [0, 0.1) is 0 Å². The zero-order valence-electron chi connectivity index (χ0n) is 8.46. The highest BCUT2D eigenvalue weighted by atomic mass is 35.5. The number of halogens is 1. The van der Waals surface area contributed by atoms with Crippen LogP contribution in [0.25, 0.3) is 0 Å². The highest BCUT2D eigenvalue weighted by molar-refractivity contribution is 6.30. The first-order valence-corrected chi connectivity index (χ1v) is 5.27. The first-order valence-electron chi connectivity index (χ1n) is 4.90. The van der Waals surface area contributed by atoms with Gasteiger partial charge in [0, 0.05) is 6.20 Å². The fourth-order valence-electron chi connectivity index (χ4n) is 1.69. The first-order chi connectivity index (χ1) is 7.04. The number of carbonyl (C=O) groups is 1. The lowest BCUT2D eigenvalue weighted by atomic mass is 9.91. The van der Waals surface area contributed by atoms with Gasteiger partial charge >= 0.3 is 0 Å². The summed E-state index contributed by atoms with van der Waals surface area (Å²) in [6.07, 6.45) is 2.24. The second-order valence-corrected chi connectivity index (χ2v) is 4.41. The Kier molecular flexibility index (Phi) is 2.48. The minimum Gasteiger partial charge on any atom is -0.386 e. The van der Waals surface area contributed by atoms with Gasteiger partial charge in [-0.25, -0.2) is 0 Å². The van der Waals surface area contributed by atoms with Crippen LogP contribution >= 0.6 is 11.6 Å². The summed E-state index contributed by atoms with van der Waals surface area (Å²) in [6.45, 7) is 2.71. The Morgan fingerprint density at radius 3 is 2.87 bits per heavy atom. The maximum atomic E-state index is 11.8. The summed E-state index contributed by atoms with van der Waals surface area (Å²) < 4.78 is 0. The van der Waals surface area contributed by atoms with E-state index in [-0.39, 0.29) is 5.91 Å². The van der Waals surface area contributed by atoms with Crippen molar-refractivity contribution in [2.75, 3.05) is 13.1 Å². The number of hydrogen-bond acceptors (Lipinski definition) is 2. The van der Waals surface area contributed by atoms with Crippen LogP contribution in [0.3, 0.4) is 0 Å². The van der Waals surface area contributed by atoms with Crippen LogP contribution in [0.15, 0.2) is 12.3 Å². The number of rotatable bonds is 2. The molecule has 0 saturated carbocycles. The van der Waals surface area contributed by atoms with Gasteiger partial charge in [0.25, 0.3) is 5.91 Å². The van der Waals surface area contributed by atoms with E-state index in [0.29, 0.717) is 30.2 Å². The van der Waals surface area contributed by atoms with Crippen LogP contribution in [0.1, 0.15) is 23.8 Å². The summed E-state index contributed by atoms with van der Waals surface area (Å²) in [7, 11) is 0. The molecule has 0 radical (unpaired) electrons. The molecule has 0 aromatic carbocycles. The fourth-order valence-corrected chi connectivity index (χ4v) is 1.86. The number of β-amino-alcohol motifs (C(OH)–C–C–N with tert-alkyl or cyclic N) is 1. The Labute approximate surface area is 92.8 Å². The van der Waals surface area contributed by atoms with Crippen molar-refractivity contribution in [3.8, 4) is 0 Å². The van der Waals surface area contributed by atoms with Gasteiger partial charge in [-0.1, -0.05) is 18.5 Å². The molecule has 5 heteroatoms. The van der Waals surface area contributed by atoms with Gasteiger partial charge in [0.05, 0.1) is 23.7 Å². The smallest absolute Gasteiger partial charge is 0.270 e. The number of aliphatic hydroxyl groups is 1. The van der Waals surface area contributed by atoms with E-state index >= 15 is 0 Å².